The van der Waals surface area contributed by atoms with Crippen molar-refractivity contribution in [2.75, 3.05) is 5.73 Å². The van der Waals surface area contributed by atoms with E-state index in [1.54, 1.807) is 6.07 Å². The van der Waals surface area contributed by atoms with Gasteiger partial charge in [-0.05, 0) is 43.0 Å². The van der Waals surface area contributed by atoms with E-state index in [4.69, 9.17) is 5.73 Å². The summed E-state index contributed by atoms with van der Waals surface area (Å²) in [6.45, 7) is 2.62. The number of benzene rings is 2. The maximum Gasteiger partial charge on any atom is 0.254 e. The Morgan fingerprint density at radius 1 is 1.18 bits per heavy atom. The van der Waals surface area contributed by atoms with E-state index < -0.39 is 0 Å². The Kier molecular flexibility index (Phi) is 5.09. The third kappa shape index (κ3) is 3.60. The van der Waals surface area contributed by atoms with Crippen molar-refractivity contribution in [3.8, 4) is 0 Å². The van der Waals surface area contributed by atoms with E-state index in [0.717, 1.165) is 24.0 Å². The van der Waals surface area contributed by atoms with E-state index in [9.17, 15) is 4.79 Å². The average Bonchev–Trinajstić information content (AvgIpc) is 3.32. The summed E-state index contributed by atoms with van der Waals surface area (Å²) in [5, 5.41) is 0. The van der Waals surface area contributed by atoms with Crippen molar-refractivity contribution < 1.29 is 4.79 Å². The molecule has 0 saturated heterocycles. The molecule has 2 N–H and O–H groups in total. The second kappa shape index (κ2) is 6.84. The number of anilines is 1. The van der Waals surface area contributed by atoms with Crippen LogP contribution in [0.1, 0.15) is 34.3 Å². The first-order chi connectivity index (χ1) is 10.1. The third-order valence-corrected chi connectivity index (χ3v) is 3.94. The van der Waals surface area contributed by atoms with Crippen LogP contribution < -0.4 is 5.73 Å². The first-order valence-electron chi connectivity index (χ1n) is 7.36. The molecule has 0 heterocycles. The molecule has 1 amide bonds. The number of hydrogen-bond acceptors (Lipinski definition) is 2. The first kappa shape index (κ1) is 16.4. The Bertz CT molecular complexity index is 653. The van der Waals surface area contributed by atoms with Crippen LogP contribution in [0.3, 0.4) is 0 Å². The lowest BCUT2D eigenvalue weighted by Gasteiger charge is -2.23. The van der Waals surface area contributed by atoms with E-state index in [1.165, 1.54) is 5.56 Å². The van der Waals surface area contributed by atoms with Crippen LogP contribution in [-0.4, -0.2) is 16.8 Å². The van der Waals surface area contributed by atoms with Gasteiger partial charge >= 0.3 is 0 Å². The lowest BCUT2D eigenvalue weighted by molar-refractivity contribution is 0.0729. The molecule has 1 saturated carbocycles. The molecular weight excluding hydrogens is 296 g/mol. The molecule has 0 aromatic heterocycles. The summed E-state index contributed by atoms with van der Waals surface area (Å²) in [5.41, 5.74) is 9.34. The van der Waals surface area contributed by atoms with Crippen LogP contribution in [0.4, 0.5) is 5.69 Å². The summed E-state index contributed by atoms with van der Waals surface area (Å²) in [5.74, 6) is 0.0890. The molecule has 1 aliphatic carbocycles. The van der Waals surface area contributed by atoms with Crippen molar-refractivity contribution >= 4 is 24.0 Å². The summed E-state index contributed by atoms with van der Waals surface area (Å²) in [4.78, 5) is 14.9. The monoisotopic (exact) mass is 316 g/mol. The number of carbonyl (C=O) groups is 1. The van der Waals surface area contributed by atoms with Crippen molar-refractivity contribution in [2.45, 2.75) is 32.4 Å². The molecule has 22 heavy (non-hydrogen) atoms. The predicted octanol–water partition coefficient (Wildman–Crippen LogP) is 3.80. The molecule has 4 heteroatoms. The zero-order valence-corrected chi connectivity index (χ0v) is 13.5. The van der Waals surface area contributed by atoms with Gasteiger partial charge in [0.2, 0.25) is 0 Å². The summed E-state index contributed by atoms with van der Waals surface area (Å²) in [6.07, 6.45) is 2.19. The van der Waals surface area contributed by atoms with Gasteiger partial charge in [0.05, 0.1) is 0 Å². The molecule has 2 aromatic rings. The Balaban J connectivity index is 0.00000176. The van der Waals surface area contributed by atoms with Crippen LogP contribution in [0.5, 0.6) is 0 Å². The van der Waals surface area contributed by atoms with Crippen LogP contribution in [0.2, 0.25) is 0 Å². The van der Waals surface area contributed by atoms with Crippen molar-refractivity contribution in [2.24, 2.45) is 0 Å². The number of nitrogens with zero attached hydrogens (tertiary/aromatic N) is 1. The molecule has 0 unspecified atom stereocenters. The van der Waals surface area contributed by atoms with Gasteiger partial charge in [-0.15, -0.1) is 12.4 Å². The van der Waals surface area contributed by atoms with Crippen LogP contribution in [-0.2, 0) is 6.54 Å². The second-order valence-corrected chi connectivity index (χ2v) is 5.72. The molecule has 1 fully saturated rings. The van der Waals surface area contributed by atoms with Crippen molar-refractivity contribution in [1.29, 1.82) is 0 Å². The number of rotatable bonds is 4. The van der Waals surface area contributed by atoms with Gasteiger partial charge in [0.15, 0.2) is 0 Å². The number of carbonyl (C=O) groups excluding carboxylic acids is 1. The molecule has 0 radical (unpaired) electrons. The third-order valence-electron chi connectivity index (χ3n) is 3.94. The molecule has 1 aliphatic rings. The summed E-state index contributed by atoms with van der Waals surface area (Å²) in [7, 11) is 0. The number of halogens is 1. The van der Waals surface area contributed by atoms with Gasteiger partial charge in [0.1, 0.15) is 0 Å². The highest BCUT2D eigenvalue weighted by Crippen LogP contribution is 2.30. The minimum Gasteiger partial charge on any atom is -0.399 e. The number of amides is 1. The Hall–Kier alpha value is -2.00. The van der Waals surface area contributed by atoms with Gasteiger partial charge in [-0.1, -0.05) is 36.4 Å². The summed E-state index contributed by atoms with van der Waals surface area (Å²) in [6, 6.07) is 16.1. The first-order valence-corrected chi connectivity index (χ1v) is 7.36. The molecule has 0 aliphatic heterocycles. The van der Waals surface area contributed by atoms with Gasteiger partial charge in [0.25, 0.3) is 5.91 Å². The maximum absolute atomic E-state index is 12.9. The van der Waals surface area contributed by atoms with Crippen LogP contribution >= 0.6 is 12.4 Å². The lowest BCUT2D eigenvalue weighted by atomic mass is 10.1. The van der Waals surface area contributed by atoms with Crippen LogP contribution in [0.15, 0.2) is 48.5 Å². The lowest BCUT2D eigenvalue weighted by Crippen LogP contribution is -2.33. The van der Waals surface area contributed by atoms with Gasteiger partial charge in [-0.3, -0.25) is 4.79 Å². The highest BCUT2D eigenvalue weighted by molar-refractivity contribution is 5.96. The fourth-order valence-electron chi connectivity index (χ4n) is 2.56. The maximum atomic E-state index is 12.9. The highest BCUT2D eigenvalue weighted by atomic mass is 35.5. The van der Waals surface area contributed by atoms with E-state index in [0.29, 0.717) is 18.3 Å². The normalized spacial score (nSPS) is 13.3. The minimum atomic E-state index is 0. The number of aryl methyl sites for hydroxylation is 1. The van der Waals surface area contributed by atoms with Gasteiger partial charge in [-0.2, -0.15) is 0 Å². The molecule has 3 rings (SSSR count). The minimum absolute atomic E-state index is 0. The van der Waals surface area contributed by atoms with E-state index in [2.05, 4.69) is 12.1 Å². The molecular formula is C18H21ClN2O. The van der Waals surface area contributed by atoms with E-state index in [-0.39, 0.29) is 18.3 Å². The Labute approximate surface area is 137 Å². The zero-order valence-electron chi connectivity index (χ0n) is 12.7. The number of nitrogen functional groups attached to an aromatic ring is 1. The standard InChI is InChI=1S/C18H20N2O.ClH/c1-13-7-8-15(19)11-17(13)18(21)20(16-9-10-16)12-14-5-3-2-4-6-14;/h2-8,11,16H,9-10,12,19H2,1H3;1H. The Morgan fingerprint density at radius 2 is 1.86 bits per heavy atom. The molecule has 0 bridgehead atoms. The number of hydrogen-bond donors (Lipinski definition) is 1. The summed E-state index contributed by atoms with van der Waals surface area (Å²) >= 11 is 0. The zero-order chi connectivity index (χ0) is 14.8. The average molecular weight is 317 g/mol. The molecule has 3 nitrogen and oxygen atoms in total. The van der Waals surface area contributed by atoms with Crippen LogP contribution in [0.25, 0.3) is 0 Å². The van der Waals surface area contributed by atoms with Crippen LogP contribution in [0, 0.1) is 6.92 Å². The van der Waals surface area contributed by atoms with Gasteiger partial charge in [0, 0.05) is 23.8 Å². The fourth-order valence-corrected chi connectivity index (χ4v) is 2.56. The van der Waals surface area contributed by atoms with Crippen molar-refractivity contribution in [3.63, 3.8) is 0 Å². The van der Waals surface area contributed by atoms with E-state index >= 15 is 0 Å². The molecule has 2 aromatic carbocycles. The molecule has 116 valence electrons. The SMILES string of the molecule is Cc1ccc(N)cc1C(=O)N(Cc1ccccc1)C1CC1.Cl. The van der Waals surface area contributed by atoms with E-state index in [1.807, 2.05) is 42.2 Å². The quantitative estimate of drug-likeness (QED) is 0.872. The topological polar surface area (TPSA) is 46.3 Å². The fraction of sp³-hybridized carbons (Fsp3) is 0.278. The van der Waals surface area contributed by atoms with Gasteiger partial charge < -0.3 is 10.6 Å². The summed E-state index contributed by atoms with van der Waals surface area (Å²) < 4.78 is 0. The molecule has 0 spiro atoms. The smallest absolute Gasteiger partial charge is 0.254 e. The molecule has 0 atom stereocenters. The number of nitrogens with two attached hydrogens (primary N) is 1. The largest absolute Gasteiger partial charge is 0.399 e. The predicted molar refractivity (Wildman–Crippen MR) is 92.2 cm³/mol. The van der Waals surface area contributed by atoms with Crippen molar-refractivity contribution in [1.82, 2.24) is 4.90 Å². The highest BCUT2D eigenvalue weighted by Gasteiger charge is 2.33. The van der Waals surface area contributed by atoms with Gasteiger partial charge in [-0.25, -0.2) is 0 Å². The van der Waals surface area contributed by atoms with Crippen molar-refractivity contribution in [3.05, 3.63) is 65.2 Å². The Morgan fingerprint density at radius 3 is 2.50 bits per heavy atom. The second-order valence-electron chi connectivity index (χ2n) is 5.72.